The highest BCUT2D eigenvalue weighted by atomic mass is 19.4. The van der Waals surface area contributed by atoms with Crippen LogP contribution in [0, 0.1) is 0 Å². The van der Waals surface area contributed by atoms with Gasteiger partial charge in [-0.3, -0.25) is 5.32 Å². The zero-order chi connectivity index (χ0) is 24.7. The van der Waals surface area contributed by atoms with E-state index in [1.807, 2.05) is 6.92 Å². The van der Waals surface area contributed by atoms with Crippen LogP contribution in [0.2, 0.25) is 0 Å². The fraction of sp³-hybridized carbons (Fsp3) is 0.500. The van der Waals surface area contributed by atoms with Gasteiger partial charge in [0.15, 0.2) is 0 Å². The van der Waals surface area contributed by atoms with Gasteiger partial charge in [0.1, 0.15) is 30.3 Å². The SMILES string of the molecule is COCC(F)(F)c1cc(-c2ncnc3c2[C@H](C(F)(F)F)OC(=O)N3)nc(N2CCN[C@@H](C)C2)c1. The molecule has 0 radical (unpaired) electrons. The monoisotopic (exact) mass is 488 g/mol. The summed E-state index contributed by atoms with van der Waals surface area (Å²) < 4.78 is 80.0. The van der Waals surface area contributed by atoms with Gasteiger partial charge in [0, 0.05) is 38.3 Å². The number of pyridine rings is 1. The Morgan fingerprint density at radius 1 is 1.24 bits per heavy atom. The molecule has 1 saturated heterocycles. The first-order valence-electron chi connectivity index (χ1n) is 10.3. The van der Waals surface area contributed by atoms with E-state index in [-0.39, 0.29) is 23.2 Å². The van der Waals surface area contributed by atoms with Crippen molar-refractivity contribution in [3.05, 3.63) is 29.6 Å². The van der Waals surface area contributed by atoms with E-state index in [4.69, 9.17) is 0 Å². The molecule has 2 aromatic heterocycles. The molecule has 14 heteroatoms. The van der Waals surface area contributed by atoms with Crippen molar-refractivity contribution in [2.75, 3.05) is 43.6 Å². The second kappa shape index (κ2) is 8.91. The van der Waals surface area contributed by atoms with E-state index in [0.717, 1.165) is 19.5 Å². The molecule has 0 spiro atoms. The summed E-state index contributed by atoms with van der Waals surface area (Å²) >= 11 is 0. The largest absolute Gasteiger partial charge is 0.431 e. The number of halogens is 5. The molecule has 2 aliphatic heterocycles. The summed E-state index contributed by atoms with van der Waals surface area (Å²) in [7, 11) is 1.11. The lowest BCUT2D eigenvalue weighted by molar-refractivity contribution is -0.206. The molecule has 2 N–H and O–H groups in total. The highest BCUT2D eigenvalue weighted by Crippen LogP contribution is 2.45. The lowest BCUT2D eigenvalue weighted by Gasteiger charge is -2.33. The van der Waals surface area contributed by atoms with Gasteiger partial charge >= 0.3 is 12.3 Å². The molecule has 4 heterocycles. The van der Waals surface area contributed by atoms with Gasteiger partial charge in [0.2, 0.25) is 6.10 Å². The molecule has 4 rings (SSSR count). The first-order chi connectivity index (χ1) is 16.0. The number of ether oxygens (including phenoxy) is 2. The summed E-state index contributed by atoms with van der Waals surface area (Å²) in [5.74, 6) is -3.74. The maximum atomic E-state index is 14.9. The van der Waals surface area contributed by atoms with Crippen LogP contribution in [0.1, 0.15) is 24.2 Å². The van der Waals surface area contributed by atoms with Crippen LogP contribution in [-0.4, -0.2) is 66.6 Å². The lowest BCUT2D eigenvalue weighted by atomic mass is 10.0. The van der Waals surface area contributed by atoms with Crippen molar-refractivity contribution in [2.45, 2.75) is 31.2 Å². The maximum Gasteiger partial charge on any atom is 0.430 e. The molecule has 2 atom stereocenters. The number of rotatable bonds is 5. The predicted molar refractivity (Wildman–Crippen MR) is 110 cm³/mol. The number of hydrogen-bond donors (Lipinski definition) is 2. The van der Waals surface area contributed by atoms with E-state index in [2.05, 4.69) is 35.1 Å². The number of piperazine rings is 1. The number of methoxy groups -OCH3 is 1. The van der Waals surface area contributed by atoms with Crippen LogP contribution >= 0.6 is 0 Å². The summed E-state index contributed by atoms with van der Waals surface area (Å²) in [6.45, 7) is 2.42. The minimum atomic E-state index is -5.00. The van der Waals surface area contributed by atoms with E-state index in [1.165, 1.54) is 6.07 Å². The van der Waals surface area contributed by atoms with Crippen molar-refractivity contribution in [1.82, 2.24) is 20.3 Å². The first kappa shape index (κ1) is 24.0. The number of alkyl halides is 5. The third-order valence-corrected chi connectivity index (χ3v) is 5.38. The normalized spacial score (nSPS) is 21.0. The number of fused-ring (bicyclic) bond motifs is 1. The standard InChI is InChI=1S/C20H21F5N6O3/c1-10-7-31(4-3-26-10)13-6-11(19(21,22)8-33-2)5-12(29-13)15-14-16(20(23,24)25)34-18(32)30-17(14)28-9-27-15/h5-6,9-10,16,26H,3-4,7-8H2,1-2H3,(H,27,28,30,32)/t10-,16+/m0/s1. The quantitative estimate of drug-likeness (QED) is 0.619. The number of cyclic esters (lactones) is 1. The average molecular weight is 488 g/mol. The molecular formula is C20H21F5N6O3. The highest BCUT2D eigenvalue weighted by Gasteiger charge is 2.50. The molecule has 0 aliphatic carbocycles. The Labute approximate surface area is 190 Å². The second-order valence-electron chi connectivity index (χ2n) is 7.97. The van der Waals surface area contributed by atoms with Crippen LogP contribution < -0.4 is 15.5 Å². The van der Waals surface area contributed by atoms with Crippen molar-refractivity contribution in [2.24, 2.45) is 0 Å². The van der Waals surface area contributed by atoms with Gasteiger partial charge in [-0.15, -0.1) is 0 Å². The molecule has 2 aliphatic rings. The summed E-state index contributed by atoms with van der Waals surface area (Å²) in [6.07, 6.45) is -8.12. The Morgan fingerprint density at radius 2 is 2.00 bits per heavy atom. The van der Waals surface area contributed by atoms with E-state index < -0.39 is 47.8 Å². The molecular weight excluding hydrogens is 467 g/mol. The Morgan fingerprint density at radius 3 is 2.68 bits per heavy atom. The first-order valence-corrected chi connectivity index (χ1v) is 10.3. The van der Waals surface area contributed by atoms with Gasteiger partial charge in [-0.1, -0.05) is 0 Å². The molecule has 0 aromatic carbocycles. The molecule has 184 valence electrons. The van der Waals surface area contributed by atoms with Gasteiger partial charge in [-0.05, 0) is 19.1 Å². The molecule has 9 nitrogen and oxygen atoms in total. The number of anilines is 2. The zero-order valence-corrected chi connectivity index (χ0v) is 18.1. The number of hydrogen-bond acceptors (Lipinski definition) is 8. The molecule has 0 unspecified atom stereocenters. The van der Waals surface area contributed by atoms with E-state index >= 15 is 0 Å². The van der Waals surface area contributed by atoms with Crippen molar-refractivity contribution in [3.8, 4) is 11.4 Å². The summed E-state index contributed by atoms with van der Waals surface area (Å²) in [5, 5.41) is 5.31. The van der Waals surface area contributed by atoms with Crippen LogP contribution in [-0.2, 0) is 15.4 Å². The summed E-state index contributed by atoms with van der Waals surface area (Å²) in [6, 6.07) is 2.18. The van der Waals surface area contributed by atoms with Crippen LogP contribution in [0.25, 0.3) is 11.4 Å². The summed E-state index contributed by atoms with van der Waals surface area (Å²) in [4.78, 5) is 25.4. The number of nitrogens with one attached hydrogen (secondary N) is 2. The van der Waals surface area contributed by atoms with Crippen molar-refractivity contribution < 1.29 is 36.2 Å². The van der Waals surface area contributed by atoms with E-state index in [9.17, 15) is 26.7 Å². The minimum Gasteiger partial charge on any atom is -0.431 e. The Hall–Kier alpha value is -3.13. The van der Waals surface area contributed by atoms with E-state index in [0.29, 0.717) is 19.6 Å². The van der Waals surface area contributed by atoms with Gasteiger partial charge < -0.3 is 19.7 Å². The number of carbonyl (C=O) groups is 1. The van der Waals surface area contributed by atoms with E-state index in [1.54, 1.807) is 4.90 Å². The minimum absolute atomic E-state index is 0.0344. The fourth-order valence-electron chi connectivity index (χ4n) is 3.89. The zero-order valence-electron chi connectivity index (χ0n) is 18.1. The molecule has 1 amide bonds. The molecule has 0 saturated carbocycles. The van der Waals surface area contributed by atoms with Crippen molar-refractivity contribution in [1.29, 1.82) is 0 Å². The maximum absolute atomic E-state index is 14.9. The van der Waals surface area contributed by atoms with Crippen LogP contribution in [0.3, 0.4) is 0 Å². The van der Waals surface area contributed by atoms with Gasteiger partial charge in [0.05, 0.1) is 11.3 Å². The van der Waals surface area contributed by atoms with Gasteiger partial charge in [-0.25, -0.2) is 19.7 Å². The second-order valence-corrected chi connectivity index (χ2v) is 7.97. The summed E-state index contributed by atoms with van der Waals surface area (Å²) in [5.41, 5.74) is -1.75. The molecule has 2 aromatic rings. The number of carbonyl (C=O) groups excluding carboxylic acids is 1. The highest BCUT2D eigenvalue weighted by molar-refractivity contribution is 5.88. The smallest absolute Gasteiger partial charge is 0.430 e. The number of amides is 1. The van der Waals surface area contributed by atoms with Crippen molar-refractivity contribution >= 4 is 17.7 Å². The van der Waals surface area contributed by atoms with Crippen LogP contribution in [0.5, 0.6) is 0 Å². The Bertz CT molecular complexity index is 1080. The Balaban J connectivity index is 1.90. The predicted octanol–water partition coefficient (Wildman–Crippen LogP) is 3.24. The average Bonchev–Trinajstić information content (AvgIpc) is 2.77. The topological polar surface area (TPSA) is 102 Å². The lowest BCUT2D eigenvalue weighted by Crippen LogP contribution is -2.49. The molecule has 1 fully saturated rings. The van der Waals surface area contributed by atoms with Crippen molar-refractivity contribution in [3.63, 3.8) is 0 Å². The fourth-order valence-corrected chi connectivity index (χ4v) is 3.89. The molecule has 0 bridgehead atoms. The Kier molecular flexibility index (Phi) is 6.29. The molecule has 34 heavy (non-hydrogen) atoms. The third kappa shape index (κ3) is 4.73. The van der Waals surface area contributed by atoms with Gasteiger partial charge in [-0.2, -0.15) is 22.0 Å². The van der Waals surface area contributed by atoms with Crippen LogP contribution in [0.4, 0.5) is 38.4 Å². The third-order valence-electron chi connectivity index (χ3n) is 5.38. The number of aromatic nitrogens is 3. The number of nitrogens with zero attached hydrogens (tertiary/aromatic N) is 4. The van der Waals surface area contributed by atoms with Gasteiger partial charge in [0.25, 0.3) is 5.92 Å². The van der Waals surface area contributed by atoms with Crippen LogP contribution in [0.15, 0.2) is 18.5 Å².